The zero-order valence-electron chi connectivity index (χ0n) is 14.7. The second-order valence-corrected chi connectivity index (χ2v) is 6.30. The number of aryl methyl sites for hydroxylation is 1. The van der Waals surface area contributed by atoms with Crippen LogP contribution in [0.25, 0.3) is 11.0 Å². The summed E-state index contributed by atoms with van der Waals surface area (Å²) in [7, 11) is 3.53. The van der Waals surface area contributed by atoms with E-state index in [1.807, 2.05) is 7.05 Å². The second kappa shape index (κ2) is 8.05. The molecule has 1 fully saturated rings. The molecular weight excluding hydrogens is 324 g/mol. The van der Waals surface area contributed by atoms with Crippen LogP contribution < -0.4 is 11.1 Å². The highest BCUT2D eigenvalue weighted by Crippen LogP contribution is 2.33. The number of ether oxygens (including phenoxy) is 2. The van der Waals surface area contributed by atoms with E-state index in [2.05, 4.69) is 15.3 Å². The van der Waals surface area contributed by atoms with Crippen LogP contribution >= 0.6 is 0 Å². The fraction of sp³-hybridized carbons (Fsp3) is 0.688. The largest absolute Gasteiger partial charge is 0.390 e. The topological polar surface area (TPSA) is 120 Å². The maximum atomic E-state index is 10.2. The summed E-state index contributed by atoms with van der Waals surface area (Å²) in [5.74, 6) is 0.423. The summed E-state index contributed by atoms with van der Waals surface area (Å²) in [5, 5.41) is 18.8. The summed E-state index contributed by atoms with van der Waals surface area (Å²) >= 11 is 0. The normalized spacial score (nSPS) is 23.6. The third-order valence-corrected chi connectivity index (χ3v) is 4.49. The molecule has 0 aliphatic carbocycles. The standard InChI is InChI=1S/C16H26N6O3/c1-18-6-4-3-5-10-14-15(17)19-9-20-16(14)22(21-10)13-7-11(23)12(25-13)8-24-2/h9,11-13,18,23H,3-8H2,1-2H3,(H2,17,19,20)/t11-,12+,13+/m0/s1. The lowest BCUT2D eigenvalue weighted by Crippen LogP contribution is -2.25. The number of nitrogens with two attached hydrogens (primary N) is 1. The van der Waals surface area contributed by atoms with Gasteiger partial charge >= 0.3 is 0 Å². The van der Waals surface area contributed by atoms with E-state index >= 15 is 0 Å². The van der Waals surface area contributed by atoms with Crippen molar-refractivity contribution in [3.8, 4) is 0 Å². The third-order valence-electron chi connectivity index (χ3n) is 4.49. The molecule has 0 aromatic carbocycles. The first-order valence-electron chi connectivity index (χ1n) is 8.60. The van der Waals surface area contributed by atoms with Gasteiger partial charge in [0.15, 0.2) is 11.9 Å². The molecule has 138 valence electrons. The molecule has 0 amide bonds. The number of nitrogen functional groups attached to an aromatic ring is 1. The maximum Gasteiger partial charge on any atom is 0.166 e. The molecule has 1 aliphatic rings. The van der Waals surface area contributed by atoms with Crippen molar-refractivity contribution >= 4 is 16.9 Å². The highest BCUT2D eigenvalue weighted by Gasteiger charge is 2.36. The maximum absolute atomic E-state index is 10.2. The van der Waals surface area contributed by atoms with Crippen LogP contribution in [-0.4, -0.2) is 64.4 Å². The lowest BCUT2D eigenvalue weighted by molar-refractivity contribution is -0.0558. The zero-order valence-corrected chi connectivity index (χ0v) is 14.7. The minimum absolute atomic E-state index is 0.338. The van der Waals surface area contributed by atoms with Crippen LogP contribution in [0.5, 0.6) is 0 Å². The number of hydrogen-bond donors (Lipinski definition) is 3. The molecule has 0 saturated carbocycles. The van der Waals surface area contributed by atoms with Gasteiger partial charge in [-0.1, -0.05) is 0 Å². The lowest BCUT2D eigenvalue weighted by atomic mass is 10.1. The zero-order chi connectivity index (χ0) is 17.8. The van der Waals surface area contributed by atoms with Gasteiger partial charge in [-0.25, -0.2) is 14.6 Å². The third kappa shape index (κ3) is 3.74. The predicted molar refractivity (Wildman–Crippen MR) is 93.0 cm³/mol. The Morgan fingerprint density at radius 3 is 3.04 bits per heavy atom. The Hall–Kier alpha value is -1.81. The number of nitrogens with zero attached hydrogens (tertiary/aromatic N) is 4. The van der Waals surface area contributed by atoms with E-state index in [0.717, 1.165) is 36.9 Å². The molecule has 3 heterocycles. The Kier molecular flexibility index (Phi) is 5.79. The number of nitrogens with one attached hydrogen (secondary N) is 1. The van der Waals surface area contributed by atoms with Gasteiger partial charge in [0.2, 0.25) is 0 Å². The van der Waals surface area contributed by atoms with E-state index in [1.54, 1.807) is 11.8 Å². The molecule has 1 saturated heterocycles. The smallest absolute Gasteiger partial charge is 0.166 e. The molecular formula is C16H26N6O3. The molecule has 9 nitrogen and oxygen atoms in total. The predicted octanol–water partition coefficient (Wildman–Crippen LogP) is 0.245. The summed E-state index contributed by atoms with van der Waals surface area (Å²) in [5.41, 5.74) is 7.59. The van der Waals surface area contributed by atoms with Crippen LogP contribution in [-0.2, 0) is 15.9 Å². The molecule has 0 spiro atoms. The molecule has 3 atom stereocenters. The molecule has 0 radical (unpaired) electrons. The molecule has 2 aromatic rings. The summed E-state index contributed by atoms with van der Waals surface area (Å²) < 4.78 is 12.7. The number of hydrogen-bond acceptors (Lipinski definition) is 8. The van der Waals surface area contributed by atoms with Crippen molar-refractivity contribution < 1.29 is 14.6 Å². The minimum atomic E-state index is -0.595. The van der Waals surface area contributed by atoms with Crippen LogP contribution in [0.2, 0.25) is 0 Å². The second-order valence-electron chi connectivity index (χ2n) is 6.30. The Labute approximate surface area is 146 Å². The Morgan fingerprint density at radius 1 is 1.44 bits per heavy atom. The van der Waals surface area contributed by atoms with Gasteiger partial charge in [0.1, 0.15) is 18.2 Å². The van der Waals surface area contributed by atoms with Crippen LogP contribution in [0, 0.1) is 0 Å². The molecule has 0 bridgehead atoms. The number of methoxy groups -OCH3 is 1. The van der Waals surface area contributed by atoms with Gasteiger partial charge in [0.25, 0.3) is 0 Å². The molecule has 4 N–H and O–H groups in total. The van der Waals surface area contributed by atoms with Crippen LogP contribution in [0.15, 0.2) is 6.33 Å². The minimum Gasteiger partial charge on any atom is -0.390 e. The van der Waals surface area contributed by atoms with E-state index in [0.29, 0.717) is 24.5 Å². The van der Waals surface area contributed by atoms with Crippen molar-refractivity contribution in [3.63, 3.8) is 0 Å². The van der Waals surface area contributed by atoms with Gasteiger partial charge in [-0.05, 0) is 32.9 Å². The summed E-state index contributed by atoms with van der Waals surface area (Å²) in [4.78, 5) is 8.45. The number of fused-ring (bicyclic) bond motifs is 1. The highest BCUT2D eigenvalue weighted by atomic mass is 16.6. The first kappa shape index (κ1) is 18.0. The van der Waals surface area contributed by atoms with Crippen molar-refractivity contribution in [2.24, 2.45) is 0 Å². The number of anilines is 1. The SMILES string of the molecule is CNCCCCc1nn([C@H]2C[C@H](O)[C@@H](COC)O2)c2ncnc(N)c12. The van der Waals surface area contributed by atoms with Crippen molar-refractivity contribution in [2.75, 3.05) is 33.0 Å². The number of aromatic nitrogens is 4. The fourth-order valence-electron chi connectivity index (χ4n) is 3.22. The van der Waals surface area contributed by atoms with Gasteiger partial charge in [-0.2, -0.15) is 5.10 Å². The van der Waals surface area contributed by atoms with Crippen molar-refractivity contribution in [2.45, 2.75) is 44.1 Å². The molecule has 3 rings (SSSR count). The van der Waals surface area contributed by atoms with E-state index < -0.39 is 12.3 Å². The van der Waals surface area contributed by atoms with Crippen molar-refractivity contribution in [3.05, 3.63) is 12.0 Å². The molecule has 25 heavy (non-hydrogen) atoms. The number of unbranched alkanes of at least 4 members (excludes halogenated alkanes) is 1. The Balaban J connectivity index is 1.87. The van der Waals surface area contributed by atoms with Gasteiger partial charge in [0.05, 0.1) is 23.8 Å². The van der Waals surface area contributed by atoms with Crippen LogP contribution in [0.4, 0.5) is 5.82 Å². The first-order valence-corrected chi connectivity index (χ1v) is 8.60. The Bertz CT molecular complexity index is 706. The molecule has 1 aliphatic heterocycles. The number of rotatable bonds is 8. The molecule has 9 heteroatoms. The van der Waals surface area contributed by atoms with Crippen LogP contribution in [0.1, 0.15) is 31.2 Å². The molecule has 0 unspecified atom stereocenters. The summed E-state index contributed by atoms with van der Waals surface area (Å²) in [6.07, 6.45) is 3.34. The molecule has 2 aromatic heterocycles. The Morgan fingerprint density at radius 2 is 2.28 bits per heavy atom. The monoisotopic (exact) mass is 350 g/mol. The van der Waals surface area contributed by atoms with E-state index in [9.17, 15) is 5.11 Å². The summed E-state index contributed by atoms with van der Waals surface area (Å²) in [6, 6.07) is 0. The lowest BCUT2D eigenvalue weighted by Gasteiger charge is -2.14. The van der Waals surface area contributed by atoms with Crippen molar-refractivity contribution in [1.82, 2.24) is 25.1 Å². The number of aliphatic hydroxyl groups is 1. The van der Waals surface area contributed by atoms with Gasteiger partial charge in [0, 0.05) is 13.5 Å². The fourth-order valence-corrected chi connectivity index (χ4v) is 3.22. The van der Waals surface area contributed by atoms with Gasteiger partial charge in [-0.3, -0.25) is 0 Å². The van der Waals surface area contributed by atoms with E-state index in [1.165, 1.54) is 6.33 Å². The van der Waals surface area contributed by atoms with Crippen LogP contribution in [0.3, 0.4) is 0 Å². The quantitative estimate of drug-likeness (QED) is 0.579. The van der Waals surface area contributed by atoms with Crippen molar-refractivity contribution in [1.29, 1.82) is 0 Å². The van der Waals surface area contributed by atoms with E-state index in [-0.39, 0.29) is 6.10 Å². The summed E-state index contributed by atoms with van der Waals surface area (Å²) in [6.45, 7) is 1.30. The number of aliphatic hydroxyl groups excluding tert-OH is 1. The van der Waals surface area contributed by atoms with E-state index in [4.69, 9.17) is 20.3 Å². The first-order chi connectivity index (χ1) is 12.2. The average molecular weight is 350 g/mol. The van der Waals surface area contributed by atoms with Gasteiger partial charge < -0.3 is 25.6 Å². The highest BCUT2D eigenvalue weighted by molar-refractivity contribution is 5.88. The average Bonchev–Trinajstić information content (AvgIpc) is 3.14. The van der Waals surface area contributed by atoms with Gasteiger partial charge in [-0.15, -0.1) is 0 Å².